The van der Waals surface area contributed by atoms with Crippen molar-refractivity contribution in [1.29, 1.82) is 0 Å². The number of hydrogen-bond donors (Lipinski definition) is 1. The average Bonchev–Trinajstić information content (AvgIpc) is 2.39. The highest BCUT2D eigenvalue weighted by molar-refractivity contribution is 5.71. The van der Waals surface area contributed by atoms with E-state index in [1.165, 1.54) is 276 Å². The van der Waals surface area contributed by atoms with Crippen molar-refractivity contribution in [3.05, 3.63) is 97.2 Å². The maximum absolute atomic E-state index is 13.0. The zero-order chi connectivity index (χ0) is 70.4. The number of quaternary nitrogens is 1. The molecule has 0 aromatic rings. The highest BCUT2D eigenvalue weighted by atomic mass is 16.7. The van der Waals surface area contributed by atoms with Gasteiger partial charge in [0, 0.05) is 12.8 Å². The summed E-state index contributed by atoms with van der Waals surface area (Å²) in [6.45, 7) is 4.82. The molecule has 0 bridgehead atoms. The van der Waals surface area contributed by atoms with Crippen LogP contribution in [0, 0.1) is 0 Å². The lowest BCUT2D eigenvalue weighted by Gasteiger charge is -2.25. The topological polar surface area (TPSA) is 108 Å². The van der Waals surface area contributed by atoms with Crippen molar-refractivity contribution in [2.45, 2.75) is 399 Å². The van der Waals surface area contributed by atoms with E-state index in [1.807, 2.05) is 21.1 Å². The second kappa shape index (κ2) is 77.9. The van der Waals surface area contributed by atoms with Gasteiger partial charge in [0.2, 0.25) is 0 Å². The van der Waals surface area contributed by atoms with Gasteiger partial charge in [0.05, 0.1) is 34.4 Å². The van der Waals surface area contributed by atoms with Gasteiger partial charge in [0.1, 0.15) is 13.2 Å². The Morgan fingerprint density at radius 2 is 0.588 bits per heavy atom. The molecule has 0 amide bonds. The Bertz CT molecular complexity index is 1920. The number of carboxylic acids is 1. The van der Waals surface area contributed by atoms with Crippen LogP contribution in [0.1, 0.15) is 386 Å². The molecule has 0 fully saturated rings. The van der Waals surface area contributed by atoms with Gasteiger partial charge in [-0.15, -0.1) is 0 Å². The van der Waals surface area contributed by atoms with E-state index in [-0.39, 0.29) is 38.2 Å². The van der Waals surface area contributed by atoms with Crippen LogP contribution in [0.4, 0.5) is 0 Å². The molecule has 0 aliphatic carbocycles. The molecular weight excluding hydrogens is 1200 g/mol. The quantitative estimate of drug-likeness (QED) is 0.0211. The fraction of sp³-hybridized carbons (Fsp3) is 0.784. The number of esters is 2. The second-order valence-corrected chi connectivity index (χ2v) is 29.1. The van der Waals surface area contributed by atoms with Crippen LogP contribution in [-0.4, -0.2) is 87.4 Å². The first-order valence-corrected chi connectivity index (χ1v) is 41.4. The fourth-order valence-corrected chi connectivity index (χ4v) is 12.1. The summed E-state index contributed by atoms with van der Waals surface area (Å²) in [5.74, 6) is -1.98. The average molecular weight is 1360 g/mol. The van der Waals surface area contributed by atoms with Crippen LogP contribution >= 0.6 is 0 Å². The molecule has 1 N–H and O–H groups in total. The molecule has 2 unspecified atom stereocenters. The van der Waals surface area contributed by atoms with Crippen molar-refractivity contribution < 1.29 is 42.9 Å². The summed E-state index contributed by atoms with van der Waals surface area (Å²) >= 11 is 0. The van der Waals surface area contributed by atoms with Crippen molar-refractivity contribution in [1.82, 2.24) is 0 Å². The SMILES string of the molecule is CC/C=C\C/C=C\C/C=C\C/C=C\C/C=C\C/C=C\C/C=C\CCCCCCCCCCCCCCCCCCCC(=O)OC(COC(=O)CCCCCCCCCCCCCCCCCCCCCCC/C=C\CCCCCCCCCC)COC(OCC[N+](C)(C)C)C(=O)O. The molecule has 97 heavy (non-hydrogen) atoms. The Morgan fingerprint density at radius 3 is 0.887 bits per heavy atom. The molecule has 0 spiro atoms. The summed E-state index contributed by atoms with van der Waals surface area (Å²) in [6, 6.07) is 0. The minimum Gasteiger partial charge on any atom is -0.477 e. The monoisotopic (exact) mass is 1360 g/mol. The summed E-state index contributed by atoms with van der Waals surface area (Å²) in [4.78, 5) is 37.8. The lowest BCUT2D eigenvalue weighted by atomic mass is 10.0. The number of hydrogen-bond acceptors (Lipinski definition) is 7. The van der Waals surface area contributed by atoms with Crippen molar-refractivity contribution in [3.63, 3.8) is 0 Å². The lowest BCUT2D eigenvalue weighted by molar-refractivity contribution is -0.870. The van der Waals surface area contributed by atoms with Gasteiger partial charge in [-0.25, -0.2) is 4.79 Å². The van der Waals surface area contributed by atoms with Gasteiger partial charge in [-0.2, -0.15) is 0 Å². The van der Waals surface area contributed by atoms with Gasteiger partial charge in [0.15, 0.2) is 6.10 Å². The molecule has 0 radical (unpaired) electrons. The molecule has 2 atom stereocenters. The summed E-state index contributed by atoms with van der Waals surface area (Å²) in [7, 11) is 5.99. The van der Waals surface area contributed by atoms with E-state index in [9.17, 15) is 19.5 Å². The Balaban J connectivity index is 3.99. The van der Waals surface area contributed by atoms with Gasteiger partial charge >= 0.3 is 17.9 Å². The molecule has 9 heteroatoms. The van der Waals surface area contributed by atoms with Crippen LogP contribution in [0.25, 0.3) is 0 Å². The number of nitrogens with zero attached hydrogens (tertiary/aromatic N) is 1. The standard InChI is InChI=1S/C88H157NO8/c1-6-8-10-12-14-16-18-20-22-24-26-28-30-32-34-36-38-40-41-42-43-44-45-47-49-51-53-55-57-59-61-63-65-67-69-71-73-75-77-79-86(91)97-84(83-96-88(87(92)93)94-81-80-89(3,4)5)82-95-85(90)78-76-74-72-70-68-66-64-62-60-58-56-54-52-50-48-46-39-37-35-33-31-29-27-25-23-21-19-17-15-13-11-9-7-2/h8,10,14,16,20,22,25-28,32,34,38,40,42-43,84,88H,6-7,9,11-13,15,17-19,21,23-24,29-31,33,35-37,39,41,44-83H2,1-5H3/p+1/b10-8-,16-14-,22-20-,27-25-,28-26-,34-32-,40-38-,43-42-. The van der Waals surface area contributed by atoms with E-state index >= 15 is 0 Å². The molecule has 562 valence electrons. The van der Waals surface area contributed by atoms with Crippen molar-refractivity contribution >= 4 is 17.9 Å². The summed E-state index contributed by atoms with van der Waals surface area (Å²) in [6.07, 6.45) is 106. The molecule has 0 rings (SSSR count). The van der Waals surface area contributed by atoms with Crippen LogP contribution in [0.3, 0.4) is 0 Å². The van der Waals surface area contributed by atoms with E-state index in [4.69, 9.17) is 18.9 Å². The minimum absolute atomic E-state index is 0.180. The Morgan fingerprint density at radius 1 is 0.320 bits per heavy atom. The number of rotatable bonds is 77. The Hall–Kier alpha value is -3.79. The molecule has 0 aliphatic rings. The first kappa shape index (κ1) is 93.2. The maximum atomic E-state index is 13.0. The smallest absolute Gasteiger partial charge is 0.361 e. The fourth-order valence-electron chi connectivity index (χ4n) is 12.1. The third-order valence-corrected chi connectivity index (χ3v) is 18.3. The molecule has 0 aromatic heterocycles. The molecule has 0 aliphatic heterocycles. The van der Waals surface area contributed by atoms with Gasteiger partial charge in [0.25, 0.3) is 6.29 Å². The van der Waals surface area contributed by atoms with Crippen LogP contribution in [0.5, 0.6) is 0 Å². The van der Waals surface area contributed by atoms with Crippen LogP contribution < -0.4 is 0 Å². The Kier molecular flexibility index (Phi) is 74.9. The molecule has 0 heterocycles. The van der Waals surface area contributed by atoms with Gasteiger partial charge in [-0.1, -0.05) is 374 Å². The molecule has 0 aromatic carbocycles. The highest BCUT2D eigenvalue weighted by Crippen LogP contribution is 2.19. The third kappa shape index (κ3) is 79.4. The van der Waals surface area contributed by atoms with Crippen LogP contribution in [-0.2, 0) is 33.3 Å². The number of aliphatic carboxylic acids is 1. The highest BCUT2D eigenvalue weighted by Gasteiger charge is 2.25. The van der Waals surface area contributed by atoms with Gasteiger partial charge < -0.3 is 28.5 Å². The molecule has 9 nitrogen and oxygen atoms in total. The predicted molar refractivity (Wildman–Crippen MR) is 419 cm³/mol. The number of ether oxygens (including phenoxy) is 4. The maximum Gasteiger partial charge on any atom is 0.361 e. The van der Waals surface area contributed by atoms with E-state index < -0.39 is 18.4 Å². The molecule has 0 saturated carbocycles. The lowest BCUT2D eigenvalue weighted by Crippen LogP contribution is -2.40. The number of allylic oxidation sites excluding steroid dienone is 16. The first-order chi connectivity index (χ1) is 47.6. The first-order valence-electron chi connectivity index (χ1n) is 41.4. The largest absolute Gasteiger partial charge is 0.477 e. The number of unbranched alkanes of at least 4 members (excludes halogenated alkanes) is 46. The van der Waals surface area contributed by atoms with Crippen molar-refractivity contribution in [2.24, 2.45) is 0 Å². The predicted octanol–water partition coefficient (Wildman–Crippen LogP) is 26.7. The molecular formula is C88H158NO8+. The summed E-state index contributed by atoms with van der Waals surface area (Å²) in [5, 5.41) is 9.78. The number of carboxylic acid groups (broad SMARTS) is 1. The zero-order valence-corrected chi connectivity index (χ0v) is 64.5. The van der Waals surface area contributed by atoms with E-state index in [0.717, 1.165) is 83.5 Å². The Labute approximate surface area is 601 Å². The van der Waals surface area contributed by atoms with Gasteiger partial charge in [-0.3, -0.25) is 9.59 Å². The minimum atomic E-state index is -1.51. The summed E-state index contributed by atoms with van der Waals surface area (Å²) in [5.41, 5.74) is 0. The van der Waals surface area contributed by atoms with Crippen molar-refractivity contribution in [3.8, 4) is 0 Å². The van der Waals surface area contributed by atoms with E-state index in [2.05, 4.69) is 111 Å². The normalized spacial score (nSPS) is 13.1. The summed E-state index contributed by atoms with van der Waals surface area (Å²) < 4.78 is 23.1. The molecule has 0 saturated heterocycles. The number of carbonyl (C=O) groups is 3. The number of carbonyl (C=O) groups excluding carboxylic acids is 2. The van der Waals surface area contributed by atoms with Gasteiger partial charge in [-0.05, 0) is 96.3 Å². The van der Waals surface area contributed by atoms with E-state index in [1.54, 1.807) is 0 Å². The number of likely N-dealkylation sites (N-methyl/N-ethyl adjacent to an activating group) is 1. The van der Waals surface area contributed by atoms with E-state index in [0.29, 0.717) is 17.4 Å². The third-order valence-electron chi connectivity index (χ3n) is 18.3. The second-order valence-electron chi connectivity index (χ2n) is 29.1. The van der Waals surface area contributed by atoms with Crippen LogP contribution in [0.15, 0.2) is 97.2 Å². The van der Waals surface area contributed by atoms with Crippen LogP contribution in [0.2, 0.25) is 0 Å². The van der Waals surface area contributed by atoms with Crippen molar-refractivity contribution in [2.75, 3.05) is 47.5 Å². The zero-order valence-electron chi connectivity index (χ0n) is 64.5.